The molecular formula is C18H24N2O. The second-order valence-corrected chi connectivity index (χ2v) is 6.35. The minimum Gasteiger partial charge on any atom is -0.350 e. The molecule has 1 aliphatic rings. The van der Waals surface area contributed by atoms with Crippen molar-refractivity contribution in [3.63, 3.8) is 0 Å². The Morgan fingerprint density at radius 2 is 1.95 bits per heavy atom. The largest absolute Gasteiger partial charge is 0.350 e. The average molecular weight is 284 g/mol. The highest BCUT2D eigenvalue weighted by Crippen LogP contribution is 2.22. The molecule has 0 N–H and O–H groups in total. The molecule has 0 aliphatic carbocycles. The highest BCUT2D eigenvalue weighted by Gasteiger charge is 2.20. The number of fused-ring (bicyclic) bond motifs is 1. The van der Waals surface area contributed by atoms with Crippen LogP contribution in [0.5, 0.6) is 0 Å². The van der Waals surface area contributed by atoms with Crippen molar-refractivity contribution in [1.29, 1.82) is 0 Å². The van der Waals surface area contributed by atoms with Crippen LogP contribution in [0.25, 0.3) is 10.9 Å². The zero-order valence-electron chi connectivity index (χ0n) is 13.0. The standard InChI is InChI=1S/C18H24N2O/c1-14-9-11-20(12-10-14)18(21)8-7-15-13-19(2)17-6-4-3-5-16(15)17/h3-6,13-14H,7-12H2,1-2H3. The van der Waals surface area contributed by atoms with E-state index in [9.17, 15) is 4.79 Å². The Bertz CT molecular complexity index is 636. The Morgan fingerprint density at radius 1 is 1.24 bits per heavy atom. The van der Waals surface area contributed by atoms with Crippen molar-refractivity contribution in [1.82, 2.24) is 9.47 Å². The van der Waals surface area contributed by atoms with Crippen LogP contribution in [0.1, 0.15) is 31.7 Å². The second-order valence-electron chi connectivity index (χ2n) is 6.35. The quantitative estimate of drug-likeness (QED) is 0.848. The maximum absolute atomic E-state index is 12.3. The SMILES string of the molecule is CC1CCN(C(=O)CCc2cn(C)c3ccccc23)CC1. The number of amides is 1. The lowest BCUT2D eigenvalue weighted by molar-refractivity contribution is -0.132. The highest BCUT2D eigenvalue weighted by atomic mass is 16.2. The van der Waals surface area contributed by atoms with Gasteiger partial charge in [0.2, 0.25) is 5.91 Å². The molecular weight excluding hydrogens is 260 g/mol. The molecule has 0 radical (unpaired) electrons. The topological polar surface area (TPSA) is 25.2 Å². The fraction of sp³-hybridized carbons (Fsp3) is 0.500. The minimum atomic E-state index is 0.315. The molecule has 2 aromatic rings. The lowest BCUT2D eigenvalue weighted by atomic mass is 9.98. The number of likely N-dealkylation sites (tertiary alicyclic amines) is 1. The van der Waals surface area contributed by atoms with E-state index in [-0.39, 0.29) is 0 Å². The Morgan fingerprint density at radius 3 is 2.71 bits per heavy atom. The maximum Gasteiger partial charge on any atom is 0.222 e. The summed E-state index contributed by atoms with van der Waals surface area (Å²) in [6.07, 6.45) is 5.94. The van der Waals surface area contributed by atoms with E-state index < -0.39 is 0 Å². The first-order chi connectivity index (χ1) is 10.1. The number of carbonyl (C=O) groups excluding carboxylic acids is 1. The lowest BCUT2D eigenvalue weighted by Crippen LogP contribution is -2.37. The summed E-state index contributed by atoms with van der Waals surface area (Å²) < 4.78 is 2.15. The number of hydrogen-bond donors (Lipinski definition) is 0. The number of benzene rings is 1. The number of para-hydroxylation sites is 1. The third-order valence-electron chi connectivity index (χ3n) is 4.72. The van der Waals surface area contributed by atoms with Crippen LogP contribution in [0.15, 0.2) is 30.5 Å². The van der Waals surface area contributed by atoms with Gasteiger partial charge in [-0.05, 0) is 36.8 Å². The molecule has 0 saturated carbocycles. The summed E-state index contributed by atoms with van der Waals surface area (Å²) in [5.74, 6) is 1.09. The maximum atomic E-state index is 12.3. The van der Waals surface area contributed by atoms with Gasteiger partial charge in [0.15, 0.2) is 0 Å². The first-order valence-electron chi connectivity index (χ1n) is 7.96. The van der Waals surface area contributed by atoms with Gasteiger partial charge in [-0.2, -0.15) is 0 Å². The van der Waals surface area contributed by atoms with E-state index in [1.807, 2.05) is 4.90 Å². The van der Waals surface area contributed by atoms with Crippen LogP contribution >= 0.6 is 0 Å². The molecule has 0 spiro atoms. The molecule has 3 heteroatoms. The molecule has 2 heterocycles. The normalized spacial score (nSPS) is 16.6. The fourth-order valence-corrected chi connectivity index (χ4v) is 3.28. The Labute approximate surface area is 126 Å². The summed E-state index contributed by atoms with van der Waals surface area (Å²) >= 11 is 0. The summed E-state index contributed by atoms with van der Waals surface area (Å²) in [5.41, 5.74) is 2.53. The van der Waals surface area contributed by atoms with Crippen LogP contribution in [-0.2, 0) is 18.3 Å². The smallest absolute Gasteiger partial charge is 0.222 e. The molecule has 1 aliphatic heterocycles. The zero-order valence-corrected chi connectivity index (χ0v) is 13.0. The van der Waals surface area contributed by atoms with Gasteiger partial charge in [0.25, 0.3) is 0 Å². The van der Waals surface area contributed by atoms with Crippen molar-refractivity contribution < 1.29 is 4.79 Å². The third-order valence-corrected chi connectivity index (χ3v) is 4.72. The summed E-state index contributed by atoms with van der Waals surface area (Å²) in [6, 6.07) is 8.41. The monoisotopic (exact) mass is 284 g/mol. The molecule has 0 bridgehead atoms. The van der Waals surface area contributed by atoms with Crippen LogP contribution in [0.4, 0.5) is 0 Å². The number of nitrogens with zero attached hydrogens (tertiary/aromatic N) is 2. The molecule has 1 fully saturated rings. The fourth-order valence-electron chi connectivity index (χ4n) is 3.28. The predicted molar refractivity (Wildman–Crippen MR) is 86.2 cm³/mol. The van der Waals surface area contributed by atoms with Crippen LogP contribution < -0.4 is 0 Å². The van der Waals surface area contributed by atoms with Gasteiger partial charge < -0.3 is 9.47 Å². The zero-order chi connectivity index (χ0) is 14.8. The molecule has 3 rings (SSSR count). The molecule has 1 aromatic carbocycles. The van der Waals surface area contributed by atoms with Gasteiger partial charge in [-0.1, -0.05) is 25.1 Å². The Kier molecular flexibility index (Phi) is 4.00. The van der Waals surface area contributed by atoms with Gasteiger partial charge in [-0.3, -0.25) is 4.79 Å². The van der Waals surface area contributed by atoms with E-state index in [0.717, 1.165) is 38.3 Å². The molecule has 3 nitrogen and oxygen atoms in total. The van der Waals surface area contributed by atoms with E-state index in [0.29, 0.717) is 12.3 Å². The van der Waals surface area contributed by atoms with Gasteiger partial charge in [0, 0.05) is 43.7 Å². The van der Waals surface area contributed by atoms with Gasteiger partial charge in [-0.25, -0.2) is 0 Å². The van der Waals surface area contributed by atoms with Crippen molar-refractivity contribution in [2.75, 3.05) is 13.1 Å². The molecule has 1 amide bonds. The number of aryl methyl sites for hydroxylation is 2. The molecule has 112 valence electrons. The van der Waals surface area contributed by atoms with E-state index in [1.165, 1.54) is 16.5 Å². The molecule has 0 unspecified atom stereocenters. The van der Waals surface area contributed by atoms with Crippen LogP contribution in [-0.4, -0.2) is 28.5 Å². The molecule has 21 heavy (non-hydrogen) atoms. The van der Waals surface area contributed by atoms with Crippen molar-refractivity contribution in [3.05, 3.63) is 36.0 Å². The third kappa shape index (κ3) is 2.97. The summed E-state index contributed by atoms with van der Waals surface area (Å²) in [5, 5.41) is 1.28. The predicted octanol–water partition coefficient (Wildman–Crippen LogP) is 3.37. The van der Waals surface area contributed by atoms with Crippen LogP contribution in [0.3, 0.4) is 0 Å². The van der Waals surface area contributed by atoms with Crippen LogP contribution in [0, 0.1) is 5.92 Å². The second kappa shape index (κ2) is 5.92. The number of rotatable bonds is 3. The van der Waals surface area contributed by atoms with Crippen molar-refractivity contribution in [3.8, 4) is 0 Å². The van der Waals surface area contributed by atoms with Gasteiger partial charge in [0.1, 0.15) is 0 Å². The van der Waals surface area contributed by atoms with Gasteiger partial charge >= 0.3 is 0 Å². The molecule has 1 aromatic heterocycles. The average Bonchev–Trinajstić information content (AvgIpc) is 2.83. The van der Waals surface area contributed by atoms with E-state index in [1.54, 1.807) is 0 Å². The Balaban J connectivity index is 1.65. The summed E-state index contributed by atoms with van der Waals surface area (Å²) in [4.78, 5) is 14.4. The van der Waals surface area contributed by atoms with Crippen molar-refractivity contribution in [2.24, 2.45) is 13.0 Å². The van der Waals surface area contributed by atoms with Crippen LogP contribution in [0.2, 0.25) is 0 Å². The van der Waals surface area contributed by atoms with E-state index >= 15 is 0 Å². The molecule has 1 saturated heterocycles. The lowest BCUT2D eigenvalue weighted by Gasteiger charge is -2.30. The summed E-state index contributed by atoms with van der Waals surface area (Å²) in [6.45, 7) is 4.16. The number of carbonyl (C=O) groups is 1. The van der Waals surface area contributed by atoms with E-state index in [4.69, 9.17) is 0 Å². The highest BCUT2D eigenvalue weighted by molar-refractivity contribution is 5.85. The van der Waals surface area contributed by atoms with E-state index in [2.05, 4.69) is 49.0 Å². The first-order valence-corrected chi connectivity index (χ1v) is 7.96. The Hall–Kier alpha value is -1.77. The van der Waals surface area contributed by atoms with Gasteiger partial charge in [-0.15, -0.1) is 0 Å². The van der Waals surface area contributed by atoms with Gasteiger partial charge in [0.05, 0.1) is 0 Å². The minimum absolute atomic E-state index is 0.315. The summed E-state index contributed by atoms with van der Waals surface area (Å²) in [7, 11) is 2.07. The molecule has 0 atom stereocenters. The van der Waals surface area contributed by atoms with Crippen molar-refractivity contribution in [2.45, 2.75) is 32.6 Å². The van der Waals surface area contributed by atoms with Crippen molar-refractivity contribution >= 4 is 16.8 Å². The first kappa shape index (κ1) is 14.2. The number of piperidine rings is 1. The number of hydrogen-bond acceptors (Lipinski definition) is 1. The number of aromatic nitrogens is 1.